The van der Waals surface area contributed by atoms with E-state index < -0.39 is 10.1 Å². The number of hydrogen-bond acceptors (Lipinski definition) is 3. The zero-order valence-corrected chi connectivity index (χ0v) is 10.3. The predicted octanol–water partition coefficient (Wildman–Crippen LogP) is 2.71. The first-order valence-electron chi connectivity index (χ1n) is 5.42. The molecule has 1 atom stereocenters. The van der Waals surface area contributed by atoms with E-state index in [1.54, 1.807) is 13.8 Å². The largest absolute Gasteiger partial charge is 0.270 e. The lowest BCUT2D eigenvalue weighted by molar-refractivity contribution is 0.329. The van der Waals surface area contributed by atoms with Gasteiger partial charge in [0.2, 0.25) is 0 Å². The average Bonchev–Trinajstić information content (AvgIpc) is 2.12. The molecule has 14 heavy (non-hydrogen) atoms. The molecule has 0 amide bonds. The molecule has 0 aliphatic rings. The molecule has 0 aliphatic carbocycles. The molecule has 0 radical (unpaired) electrons. The Morgan fingerprint density at radius 2 is 1.79 bits per heavy atom. The van der Waals surface area contributed by atoms with Crippen molar-refractivity contribution in [3.8, 4) is 0 Å². The third-order valence-corrected chi connectivity index (χ3v) is 4.02. The van der Waals surface area contributed by atoms with Gasteiger partial charge >= 0.3 is 0 Å². The van der Waals surface area contributed by atoms with Crippen LogP contribution in [0.5, 0.6) is 0 Å². The summed E-state index contributed by atoms with van der Waals surface area (Å²) in [4.78, 5) is 0. The normalized spacial score (nSPS) is 14.2. The molecule has 0 fully saturated rings. The van der Waals surface area contributed by atoms with Crippen molar-refractivity contribution in [1.82, 2.24) is 0 Å². The fourth-order valence-corrected chi connectivity index (χ4v) is 2.30. The summed E-state index contributed by atoms with van der Waals surface area (Å²) < 4.78 is 27.5. The van der Waals surface area contributed by atoms with Gasteiger partial charge in [0.05, 0.1) is 11.9 Å². The molecule has 0 aromatic rings. The Bertz CT molecular complexity index is 222. The summed E-state index contributed by atoms with van der Waals surface area (Å²) in [5, 5.41) is -0.362. The van der Waals surface area contributed by atoms with Crippen molar-refractivity contribution in [2.24, 2.45) is 0 Å². The molecular weight excluding hydrogens is 200 g/mol. The Hall–Kier alpha value is -0.0900. The summed E-state index contributed by atoms with van der Waals surface area (Å²) in [5.41, 5.74) is 0. The van der Waals surface area contributed by atoms with Crippen molar-refractivity contribution < 1.29 is 12.6 Å². The van der Waals surface area contributed by atoms with Crippen molar-refractivity contribution >= 4 is 10.1 Å². The zero-order chi connectivity index (χ0) is 11.0. The molecule has 3 nitrogen and oxygen atoms in total. The molecule has 0 spiro atoms. The molecule has 1 unspecified atom stereocenters. The molecule has 86 valence electrons. The Morgan fingerprint density at radius 3 is 2.29 bits per heavy atom. The molecule has 4 heteroatoms. The highest BCUT2D eigenvalue weighted by molar-refractivity contribution is 7.87. The van der Waals surface area contributed by atoms with Gasteiger partial charge in [-0.25, -0.2) is 0 Å². The summed E-state index contributed by atoms with van der Waals surface area (Å²) >= 11 is 0. The van der Waals surface area contributed by atoms with Gasteiger partial charge in [-0.3, -0.25) is 4.18 Å². The fraction of sp³-hybridized carbons (Fsp3) is 1.00. The number of rotatable bonds is 8. The topological polar surface area (TPSA) is 43.4 Å². The van der Waals surface area contributed by atoms with Crippen LogP contribution in [0.15, 0.2) is 0 Å². The van der Waals surface area contributed by atoms with Crippen LogP contribution in [0, 0.1) is 0 Å². The highest BCUT2D eigenvalue weighted by atomic mass is 32.2. The monoisotopic (exact) mass is 222 g/mol. The van der Waals surface area contributed by atoms with E-state index in [0.29, 0.717) is 6.42 Å². The van der Waals surface area contributed by atoms with Gasteiger partial charge in [-0.2, -0.15) is 8.42 Å². The molecule has 0 N–H and O–H groups in total. The highest BCUT2D eigenvalue weighted by Gasteiger charge is 2.19. The van der Waals surface area contributed by atoms with Crippen LogP contribution in [-0.2, 0) is 14.3 Å². The minimum absolute atomic E-state index is 0.238. The van der Waals surface area contributed by atoms with Gasteiger partial charge in [-0.15, -0.1) is 0 Å². The quantitative estimate of drug-likeness (QED) is 0.468. The van der Waals surface area contributed by atoms with E-state index in [1.807, 2.05) is 0 Å². The van der Waals surface area contributed by atoms with Crippen LogP contribution in [0.1, 0.15) is 52.9 Å². The lowest BCUT2D eigenvalue weighted by atomic mass is 10.1. The van der Waals surface area contributed by atoms with Crippen molar-refractivity contribution in [3.63, 3.8) is 0 Å². The van der Waals surface area contributed by atoms with Crippen molar-refractivity contribution in [2.75, 3.05) is 6.61 Å². The molecule has 0 rings (SSSR count). The third kappa shape index (κ3) is 5.60. The summed E-state index contributed by atoms with van der Waals surface area (Å²) in [7, 11) is -3.30. The summed E-state index contributed by atoms with van der Waals surface area (Å²) in [6.45, 7) is 5.79. The Kier molecular flexibility index (Phi) is 7.19. The standard InChI is InChI=1S/C10H22O3S/c1-4-6-7-8-9-10(3)14(11,12)13-5-2/h10H,4-9H2,1-3H3. The van der Waals surface area contributed by atoms with Gasteiger partial charge in [0.15, 0.2) is 0 Å². The molecule has 0 aliphatic heterocycles. The average molecular weight is 222 g/mol. The maximum absolute atomic E-state index is 11.4. The maximum Gasteiger partial charge on any atom is 0.269 e. The second-order valence-electron chi connectivity index (χ2n) is 3.56. The second-order valence-corrected chi connectivity index (χ2v) is 5.59. The smallest absolute Gasteiger partial charge is 0.269 e. The Labute approximate surface area is 88.0 Å². The van der Waals surface area contributed by atoms with Crippen molar-refractivity contribution in [1.29, 1.82) is 0 Å². The molecule has 0 aromatic heterocycles. The van der Waals surface area contributed by atoms with Crippen LogP contribution in [-0.4, -0.2) is 20.3 Å². The fourth-order valence-electron chi connectivity index (χ4n) is 1.28. The highest BCUT2D eigenvalue weighted by Crippen LogP contribution is 2.13. The van der Waals surface area contributed by atoms with Crippen LogP contribution in [0.3, 0.4) is 0 Å². The summed E-state index contributed by atoms with van der Waals surface area (Å²) in [5.74, 6) is 0. The molecular formula is C10H22O3S. The maximum atomic E-state index is 11.4. The molecule has 0 bridgehead atoms. The van der Waals surface area contributed by atoms with Gasteiger partial charge < -0.3 is 0 Å². The minimum atomic E-state index is -3.30. The molecule has 0 aromatic carbocycles. The van der Waals surface area contributed by atoms with E-state index in [1.165, 1.54) is 12.8 Å². The van der Waals surface area contributed by atoms with Crippen LogP contribution >= 0.6 is 0 Å². The summed E-state index contributed by atoms with van der Waals surface area (Å²) in [6.07, 6.45) is 5.15. The SMILES string of the molecule is CCCCCCC(C)S(=O)(=O)OCC. The third-order valence-electron chi connectivity index (χ3n) is 2.24. The van der Waals surface area contributed by atoms with Crippen molar-refractivity contribution in [2.45, 2.75) is 58.1 Å². The van der Waals surface area contributed by atoms with E-state index in [2.05, 4.69) is 6.92 Å². The summed E-state index contributed by atoms with van der Waals surface area (Å²) in [6, 6.07) is 0. The second kappa shape index (κ2) is 7.23. The van der Waals surface area contributed by atoms with Crippen LogP contribution in [0.25, 0.3) is 0 Å². The van der Waals surface area contributed by atoms with Gasteiger partial charge in [0.25, 0.3) is 10.1 Å². The Morgan fingerprint density at radius 1 is 1.14 bits per heavy atom. The molecule has 0 saturated carbocycles. The lowest BCUT2D eigenvalue weighted by Gasteiger charge is -2.11. The van der Waals surface area contributed by atoms with Gasteiger partial charge in [-0.05, 0) is 20.3 Å². The first-order chi connectivity index (χ1) is 6.54. The lowest BCUT2D eigenvalue weighted by Crippen LogP contribution is -2.20. The molecule has 0 saturated heterocycles. The first kappa shape index (κ1) is 13.9. The predicted molar refractivity (Wildman–Crippen MR) is 58.8 cm³/mol. The Balaban J connectivity index is 3.78. The van der Waals surface area contributed by atoms with Gasteiger partial charge in [0.1, 0.15) is 0 Å². The van der Waals surface area contributed by atoms with Crippen LogP contribution in [0.2, 0.25) is 0 Å². The van der Waals surface area contributed by atoms with E-state index in [-0.39, 0.29) is 11.9 Å². The van der Waals surface area contributed by atoms with Crippen LogP contribution in [0.4, 0.5) is 0 Å². The van der Waals surface area contributed by atoms with Crippen LogP contribution < -0.4 is 0 Å². The van der Waals surface area contributed by atoms with Gasteiger partial charge in [0, 0.05) is 0 Å². The van der Waals surface area contributed by atoms with E-state index in [0.717, 1.165) is 12.8 Å². The van der Waals surface area contributed by atoms with E-state index >= 15 is 0 Å². The number of hydrogen-bond donors (Lipinski definition) is 0. The minimum Gasteiger partial charge on any atom is -0.270 e. The molecule has 0 heterocycles. The zero-order valence-electron chi connectivity index (χ0n) is 9.45. The number of unbranched alkanes of at least 4 members (excludes halogenated alkanes) is 3. The van der Waals surface area contributed by atoms with Gasteiger partial charge in [-0.1, -0.05) is 32.6 Å². The first-order valence-corrected chi connectivity index (χ1v) is 6.90. The van der Waals surface area contributed by atoms with E-state index in [4.69, 9.17) is 4.18 Å². The van der Waals surface area contributed by atoms with E-state index in [9.17, 15) is 8.42 Å². The van der Waals surface area contributed by atoms with Crippen molar-refractivity contribution in [3.05, 3.63) is 0 Å².